The maximum absolute atomic E-state index is 11.8. The van der Waals surface area contributed by atoms with Gasteiger partial charge in [-0.15, -0.1) is 0 Å². The zero-order valence-corrected chi connectivity index (χ0v) is 7.34. The van der Waals surface area contributed by atoms with Crippen LogP contribution in [0.2, 0.25) is 0 Å². The molecule has 72 valence electrons. The van der Waals surface area contributed by atoms with Crippen molar-refractivity contribution in [2.75, 3.05) is 6.61 Å². The number of hydrogen-bond donors (Lipinski definition) is 1. The molecule has 0 fully saturated rings. The van der Waals surface area contributed by atoms with E-state index in [1.54, 1.807) is 0 Å². The highest BCUT2D eigenvalue weighted by Gasteiger charge is 2.36. The van der Waals surface area contributed by atoms with Gasteiger partial charge in [0.25, 0.3) is 0 Å². The van der Waals surface area contributed by atoms with Crippen molar-refractivity contribution in [2.24, 2.45) is 5.73 Å². The van der Waals surface area contributed by atoms with Gasteiger partial charge in [0.1, 0.15) is 0 Å². The molecule has 0 heterocycles. The minimum atomic E-state index is -4.31. The zero-order chi connectivity index (χ0) is 9.78. The van der Waals surface area contributed by atoms with Crippen molar-refractivity contribution in [1.29, 1.82) is 0 Å². The molecule has 0 aliphatic heterocycles. The Bertz CT molecular complexity index is 159. The van der Waals surface area contributed by atoms with Gasteiger partial charge in [-0.3, -0.25) is 0 Å². The predicted octanol–water partition coefficient (Wildman–Crippen LogP) is 1.63. The number of rotatable bonds is 4. The zero-order valence-electron chi connectivity index (χ0n) is 6.52. The average Bonchev–Trinajstić information content (AvgIpc) is 1.84. The molecular weight excluding hydrogens is 191 g/mol. The topological polar surface area (TPSA) is 35.2 Å². The molecule has 1 atom stereocenters. The first-order chi connectivity index (χ1) is 5.34. The molecule has 0 saturated carbocycles. The van der Waals surface area contributed by atoms with E-state index in [9.17, 15) is 13.2 Å². The Kier molecular flexibility index (Phi) is 4.47. The van der Waals surface area contributed by atoms with Crippen molar-refractivity contribution in [3.05, 3.63) is 0 Å². The molecule has 0 bridgehead atoms. The molecule has 0 aromatic carbocycles. The van der Waals surface area contributed by atoms with Crippen LogP contribution in [0.25, 0.3) is 0 Å². The van der Waals surface area contributed by atoms with Crippen molar-refractivity contribution >= 4 is 17.2 Å². The summed E-state index contributed by atoms with van der Waals surface area (Å²) in [5, 5.41) is 0. The van der Waals surface area contributed by atoms with Gasteiger partial charge in [-0.2, -0.15) is 13.2 Å². The molecule has 1 unspecified atom stereocenters. The Morgan fingerprint density at radius 2 is 2.08 bits per heavy atom. The standard InChI is InChI=1S/C6H10F3NOS/c1-4(6(7,8)9)11-3-2-5(10)12/h4H,2-3H2,1H3,(H2,10,12). The second-order valence-electron chi connectivity index (χ2n) is 2.27. The summed E-state index contributed by atoms with van der Waals surface area (Å²) in [5.41, 5.74) is 5.06. The van der Waals surface area contributed by atoms with Gasteiger partial charge in [0.15, 0.2) is 6.10 Å². The maximum atomic E-state index is 11.8. The smallest absolute Gasteiger partial charge is 0.393 e. The fourth-order valence-electron chi connectivity index (χ4n) is 0.431. The molecule has 0 aliphatic carbocycles. The summed E-state index contributed by atoms with van der Waals surface area (Å²) in [6.07, 6.45) is -5.89. The number of hydrogen-bond acceptors (Lipinski definition) is 2. The van der Waals surface area contributed by atoms with Crippen LogP contribution in [-0.4, -0.2) is 23.9 Å². The van der Waals surface area contributed by atoms with Crippen LogP contribution in [-0.2, 0) is 4.74 Å². The lowest BCUT2D eigenvalue weighted by Gasteiger charge is -2.15. The number of ether oxygens (including phenoxy) is 1. The molecule has 0 radical (unpaired) electrons. The Labute approximate surface area is 73.9 Å². The van der Waals surface area contributed by atoms with Crippen molar-refractivity contribution in [1.82, 2.24) is 0 Å². The lowest BCUT2D eigenvalue weighted by atomic mass is 10.4. The Balaban J connectivity index is 3.58. The minimum Gasteiger partial charge on any atom is -0.393 e. The molecule has 2 N–H and O–H groups in total. The first-order valence-corrected chi connectivity index (χ1v) is 3.71. The molecule has 6 heteroatoms. The van der Waals surface area contributed by atoms with E-state index in [4.69, 9.17) is 5.73 Å². The van der Waals surface area contributed by atoms with E-state index >= 15 is 0 Å². The third-order valence-electron chi connectivity index (χ3n) is 1.18. The second-order valence-corrected chi connectivity index (χ2v) is 2.80. The van der Waals surface area contributed by atoms with E-state index in [1.807, 2.05) is 0 Å². The van der Waals surface area contributed by atoms with Crippen LogP contribution in [0.4, 0.5) is 13.2 Å². The summed E-state index contributed by atoms with van der Waals surface area (Å²) in [5.74, 6) is 0. The maximum Gasteiger partial charge on any atom is 0.414 e. The fraction of sp³-hybridized carbons (Fsp3) is 0.833. The average molecular weight is 201 g/mol. The Morgan fingerprint density at radius 1 is 1.58 bits per heavy atom. The van der Waals surface area contributed by atoms with Crippen LogP contribution < -0.4 is 5.73 Å². The minimum absolute atomic E-state index is 0.0873. The van der Waals surface area contributed by atoms with Crippen LogP contribution in [0.5, 0.6) is 0 Å². The second kappa shape index (κ2) is 4.61. The normalized spacial score (nSPS) is 14.3. The highest BCUT2D eigenvalue weighted by atomic mass is 32.1. The van der Waals surface area contributed by atoms with Gasteiger partial charge in [0.2, 0.25) is 0 Å². The van der Waals surface area contributed by atoms with E-state index in [-0.39, 0.29) is 18.0 Å². The van der Waals surface area contributed by atoms with Gasteiger partial charge >= 0.3 is 6.18 Å². The van der Waals surface area contributed by atoms with E-state index in [1.165, 1.54) is 0 Å². The molecule has 0 aromatic rings. The van der Waals surface area contributed by atoms with Crippen LogP contribution in [0.1, 0.15) is 13.3 Å². The Morgan fingerprint density at radius 3 is 2.42 bits per heavy atom. The molecule has 12 heavy (non-hydrogen) atoms. The van der Waals surface area contributed by atoms with Gasteiger partial charge in [0, 0.05) is 6.42 Å². The van der Waals surface area contributed by atoms with Gasteiger partial charge < -0.3 is 10.5 Å². The first kappa shape index (κ1) is 11.6. The lowest BCUT2D eigenvalue weighted by Crippen LogP contribution is -2.29. The molecule has 0 spiro atoms. The predicted molar refractivity (Wildman–Crippen MR) is 42.9 cm³/mol. The number of nitrogens with two attached hydrogens (primary N) is 1. The highest BCUT2D eigenvalue weighted by molar-refractivity contribution is 7.80. The third kappa shape index (κ3) is 5.31. The van der Waals surface area contributed by atoms with E-state index in [0.29, 0.717) is 0 Å². The van der Waals surface area contributed by atoms with Crippen LogP contribution in [0.15, 0.2) is 0 Å². The number of halogens is 3. The van der Waals surface area contributed by atoms with Crippen LogP contribution in [0, 0.1) is 0 Å². The SMILES string of the molecule is CC(OCCC(N)=S)C(F)(F)F. The third-order valence-corrected chi connectivity index (χ3v) is 1.38. The van der Waals surface area contributed by atoms with Crippen molar-refractivity contribution < 1.29 is 17.9 Å². The van der Waals surface area contributed by atoms with Crippen LogP contribution in [0.3, 0.4) is 0 Å². The first-order valence-electron chi connectivity index (χ1n) is 3.30. The molecule has 0 amide bonds. The highest BCUT2D eigenvalue weighted by Crippen LogP contribution is 2.22. The lowest BCUT2D eigenvalue weighted by molar-refractivity contribution is -0.213. The van der Waals surface area contributed by atoms with Crippen molar-refractivity contribution in [3.8, 4) is 0 Å². The number of alkyl halides is 3. The van der Waals surface area contributed by atoms with Crippen molar-refractivity contribution in [2.45, 2.75) is 25.6 Å². The molecule has 0 aliphatic rings. The van der Waals surface area contributed by atoms with E-state index < -0.39 is 12.3 Å². The largest absolute Gasteiger partial charge is 0.414 e. The van der Waals surface area contributed by atoms with E-state index in [0.717, 1.165) is 6.92 Å². The van der Waals surface area contributed by atoms with Gasteiger partial charge in [-0.05, 0) is 6.92 Å². The quantitative estimate of drug-likeness (QED) is 0.702. The summed E-state index contributed by atoms with van der Waals surface area (Å²) in [4.78, 5) is 0.157. The van der Waals surface area contributed by atoms with E-state index in [2.05, 4.69) is 17.0 Å². The summed E-state index contributed by atoms with van der Waals surface area (Å²) < 4.78 is 39.8. The molecule has 0 saturated heterocycles. The van der Waals surface area contributed by atoms with Crippen molar-refractivity contribution in [3.63, 3.8) is 0 Å². The fourth-order valence-corrected chi connectivity index (χ4v) is 0.514. The van der Waals surface area contributed by atoms with Gasteiger partial charge in [-0.25, -0.2) is 0 Å². The van der Waals surface area contributed by atoms with Gasteiger partial charge in [0.05, 0.1) is 11.6 Å². The molecule has 0 aromatic heterocycles. The molecule has 2 nitrogen and oxygen atoms in total. The van der Waals surface area contributed by atoms with Gasteiger partial charge in [-0.1, -0.05) is 12.2 Å². The molecular formula is C6H10F3NOS. The summed E-state index contributed by atoms with van der Waals surface area (Å²) >= 11 is 4.46. The summed E-state index contributed by atoms with van der Waals surface area (Å²) in [6, 6.07) is 0. The Hall–Kier alpha value is -0.360. The number of thiocarbonyl (C=S) groups is 1. The molecule has 0 rings (SSSR count). The summed E-state index contributed by atoms with van der Waals surface area (Å²) in [6.45, 7) is 0.857. The van der Waals surface area contributed by atoms with Crippen LogP contribution >= 0.6 is 12.2 Å². The summed E-state index contributed by atoms with van der Waals surface area (Å²) in [7, 11) is 0. The monoisotopic (exact) mass is 201 g/mol.